The number of ketones is 1. The molecule has 0 aromatic heterocycles. The number of carbonyl (C=O) groups is 1. The SMILES string of the molecule is CC(=O)C=CC=C(C)CCC=C(C)CCCC(C)CCC=C(C)C. The molecule has 24 heavy (non-hydrogen) atoms. The van der Waals surface area contributed by atoms with Crippen molar-refractivity contribution < 1.29 is 4.79 Å². The van der Waals surface area contributed by atoms with Crippen molar-refractivity contribution in [3.8, 4) is 0 Å². The van der Waals surface area contributed by atoms with Crippen LogP contribution in [0.5, 0.6) is 0 Å². The second-order valence-electron chi connectivity index (χ2n) is 7.43. The summed E-state index contributed by atoms with van der Waals surface area (Å²) in [5, 5.41) is 0. The maximum atomic E-state index is 10.8. The molecule has 136 valence electrons. The topological polar surface area (TPSA) is 17.1 Å². The zero-order chi connectivity index (χ0) is 18.4. The van der Waals surface area contributed by atoms with E-state index in [9.17, 15) is 4.79 Å². The molecule has 0 fully saturated rings. The fourth-order valence-electron chi connectivity index (χ4n) is 2.61. The van der Waals surface area contributed by atoms with Crippen LogP contribution in [-0.2, 0) is 4.79 Å². The Morgan fingerprint density at radius 3 is 2.21 bits per heavy atom. The van der Waals surface area contributed by atoms with E-state index in [1.54, 1.807) is 13.0 Å². The molecule has 0 rings (SSSR count). The Morgan fingerprint density at radius 2 is 1.58 bits per heavy atom. The highest BCUT2D eigenvalue weighted by atomic mass is 16.1. The summed E-state index contributed by atoms with van der Waals surface area (Å²) >= 11 is 0. The number of hydrogen-bond acceptors (Lipinski definition) is 1. The number of carbonyl (C=O) groups excluding carboxylic acids is 1. The second kappa shape index (κ2) is 14.0. The first-order valence-corrected chi connectivity index (χ1v) is 9.44. The third-order valence-electron chi connectivity index (χ3n) is 4.22. The lowest BCUT2D eigenvalue weighted by atomic mass is 9.96. The van der Waals surface area contributed by atoms with Gasteiger partial charge in [-0.1, -0.05) is 54.4 Å². The summed E-state index contributed by atoms with van der Waals surface area (Å²) in [7, 11) is 0. The summed E-state index contributed by atoms with van der Waals surface area (Å²) < 4.78 is 0. The van der Waals surface area contributed by atoms with Crippen LogP contribution in [0.1, 0.15) is 86.5 Å². The van der Waals surface area contributed by atoms with Crippen molar-refractivity contribution in [3.63, 3.8) is 0 Å². The smallest absolute Gasteiger partial charge is 0.152 e. The molecule has 0 radical (unpaired) electrons. The van der Waals surface area contributed by atoms with E-state index >= 15 is 0 Å². The molecule has 1 unspecified atom stereocenters. The third-order valence-corrected chi connectivity index (χ3v) is 4.22. The molecule has 0 aromatic carbocycles. The first-order chi connectivity index (χ1) is 11.3. The van der Waals surface area contributed by atoms with Gasteiger partial charge in [0, 0.05) is 0 Å². The lowest BCUT2D eigenvalue weighted by Crippen LogP contribution is -1.94. The molecule has 0 saturated heterocycles. The second-order valence-corrected chi connectivity index (χ2v) is 7.43. The maximum Gasteiger partial charge on any atom is 0.152 e. The van der Waals surface area contributed by atoms with Gasteiger partial charge in [0.25, 0.3) is 0 Å². The fourth-order valence-corrected chi connectivity index (χ4v) is 2.61. The third kappa shape index (κ3) is 15.5. The summed E-state index contributed by atoms with van der Waals surface area (Å²) in [5.41, 5.74) is 4.27. The van der Waals surface area contributed by atoms with Crippen molar-refractivity contribution in [2.75, 3.05) is 0 Å². The highest BCUT2D eigenvalue weighted by Gasteiger charge is 2.01. The van der Waals surface area contributed by atoms with Crippen molar-refractivity contribution in [2.45, 2.75) is 86.5 Å². The van der Waals surface area contributed by atoms with E-state index in [0.717, 1.165) is 18.8 Å². The van der Waals surface area contributed by atoms with Crippen LogP contribution in [0.4, 0.5) is 0 Å². The van der Waals surface area contributed by atoms with E-state index in [4.69, 9.17) is 0 Å². The lowest BCUT2D eigenvalue weighted by molar-refractivity contribution is -0.112. The van der Waals surface area contributed by atoms with Gasteiger partial charge in [-0.15, -0.1) is 0 Å². The zero-order valence-corrected chi connectivity index (χ0v) is 16.8. The maximum absolute atomic E-state index is 10.8. The molecule has 0 N–H and O–H groups in total. The molecule has 0 heterocycles. The Bertz CT molecular complexity index is 470. The quantitative estimate of drug-likeness (QED) is 0.207. The van der Waals surface area contributed by atoms with Gasteiger partial charge in [0.2, 0.25) is 0 Å². The summed E-state index contributed by atoms with van der Waals surface area (Å²) in [4.78, 5) is 10.8. The Hall–Kier alpha value is -1.37. The van der Waals surface area contributed by atoms with E-state index in [1.807, 2.05) is 12.2 Å². The monoisotopic (exact) mass is 330 g/mol. The molecule has 1 nitrogen and oxygen atoms in total. The van der Waals surface area contributed by atoms with Crippen LogP contribution in [0, 0.1) is 5.92 Å². The molecule has 1 atom stereocenters. The molecule has 0 amide bonds. The average molecular weight is 331 g/mol. The van der Waals surface area contributed by atoms with E-state index in [2.05, 4.69) is 46.8 Å². The standard InChI is InChI=1S/C23H38O/c1-19(2)11-7-12-20(3)13-8-14-21(4)15-9-16-22(5)17-10-18-23(6)24/h10-11,15,17-18,20H,7-9,12-14,16H2,1-6H3. The van der Waals surface area contributed by atoms with Crippen molar-refractivity contribution >= 4 is 5.78 Å². The molecular weight excluding hydrogens is 292 g/mol. The van der Waals surface area contributed by atoms with E-state index in [-0.39, 0.29) is 5.78 Å². The summed E-state index contributed by atoms with van der Waals surface area (Å²) in [6.45, 7) is 12.7. The minimum atomic E-state index is 0.102. The molecule has 0 bridgehead atoms. The Kier molecular flexibility index (Phi) is 13.2. The fraction of sp³-hybridized carbons (Fsp3) is 0.609. The van der Waals surface area contributed by atoms with Gasteiger partial charge in [-0.3, -0.25) is 4.79 Å². The van der Waals surface area contributed by atoms with E-state index in [0.29, 0.717) is 0 Å². The van der Waals surface area contributed by atoms with Gasteiger partial charge in [-0.05, 0) is 85.1 Å². The Morgan fingerprint density at radius 1 is 0.875 bits per heavy atom. The van der Waals surface area contributed by atoms with Crippen LogP contribution in [0.2, 0.25) is 0 Å². The van der Waals surface area contributed by atoms with Gasteiger partial charge in [0.05, 0.1) is 0 Å². The van der Waals surface area contributed by atoms with Crippen LogP contribution < -0.4 is 0 Å². The molecule has 0 aromatic rings. The highest BCUT2D eigenvalue weighted by Crippen LogP contribution is 2.18. The van der Waals surface area contributed by atoms with Crippen LogP contribution in [-0.4, -0.2) is 5.78 Å². The largest absolute Gasteiger partial charge is 0.295 e. The van der Waals surface area contributed by atoms with Gasteiger partial charge >= 0.3 is 0 Å². The minimum Gasteiger partial charge on any atom is -0.295 e. The highest BCUT2D eigenvalue weighted by molar-refractivity contribution is 5.87. The lowest BCUT2D eigenvalue weighted by Gasteiger charge is -2.10. The van der Waals surface area contributed by atoms with Gasteiger partial charge in [-0.25, -0.2) is 0 Å². The van der Waals surface area contributed by atoms with E-state index in [1.165, 1.54) is 48.8 Å². The molecule has 1 heteroatoms. The first-order valence-electron chi connectivity index (χ1n) is 9.44. The number of rotatable bonds is 12. The predicted molar refractivity (Wildman–Crippen MR) is 108 cm³/mol. The van der Waals surface area contributed by atoms with Crippen molar-refractivity contribution in [2.24, 2.45) is 5.92 Å². The molecule has 0 aliphatic heterocycles. The van der Waals surface area contributed by atoms with Crippen molar-refractivity contribution in [1.82, 2.24) is 0 Å². The van der Waals surface area contributed by atoms with Crippen LogP contribution in [0.25, 0.3) is 0 Å². The Balaban J connectivity index is 3.91. The van der Waals surface area contributed by atoms with Gasteiger partial charge < -0.3 is 0 Å². The summed E-state index contributed by atoms with van der Waals surface area (Å²) in [6, 6.07) is 0. The summed E-state index contributed by atoms with van der Waals surface area (Å²) in [5.74, 6) is 0.927. The molecule has 0 saturated carbocycles. The minimum absolute atomic E-state index is 0.102. The number of hydrogen-bond donors (Lipinski definition) is 0. The summed E-state index contributed by atoms with van der Waals surface area (Å²) in [6.07, 6.45) is 18.8. The van der Waals surface area contributed by atoms with Crippen LogP contribution in [0.15, 0.2) is 47.1 Å². The number of allylic oxidation sites excluding steroid dienone is 8. The molecule has 0 spiro atoms. The first kappa shape index (κ1) is 22.6. The normalized spacial score (nSPS) is 14.1. The zero-order valence-electron chi connectivity index (χ0n) is 16.8. The Labute approximate surface area is 150 Å². The van der Waals surface area contributed by atoms with Gasteiger partial charge in [-0.2, -0.15) is 0 Å². The molecule has 0 aliphatic rings. The van der Waals surface area contributed by atoms with E-state index < -0.39 is 0 Å². The van der Waals surface area contributed by atoms with Gasteiger partial charge in [0.1, 0.15) is 0 Å². The molecule has 0 aliphatic carbocycles. The van der Waals surface area contributed by atoms with Crippen molar-refractivity contribution in [3.05, 3.63) is 47.1 Å². The molecular formula is C23H38O. The van der Waals surface area contributed by atoms with Crippen LogP contribution >= 0.6 is 0 Å². The van der Waals surface area contributed by atoms with Crippen LogP contribution in [0.3, 0.4) is 0 Å². The average Bonchev–Trinajstić information content (AvgIpc) is 2.46. The van der Waals surface area contributed by atoms with Gasteiger partial charge in [0.15, 0.2) is 5.78 Å². The predicted octanol–water partition coefficient (Wildman–Crippen LogP) is 7.36. The van der Waals surface area contributed by atoms with Crippen molar-refractivity contribution in [1.29, 1.82) is 0 Å².